The molecule has 1 aromatic heterocycles. The molecule has 2 nitrogen and oxygen atoms in total. The molecule has 2 N–H and O–H groups in total. The summed E-state index contributed by atoms with van der Waals surface area (Å²) in [5, 5.41) is 1.25. The Balaban J connectivity index is 2.77. The van der Waals surface area contributed by atoms with E-state index in [4.69, 9.17) is 5.73 Å². The lowest BCUT2D eigenvalue weighted by Crippen LogP contribution is -1.98. The number of aromatic nitrogens is 1. The van der Waals surface area contributed by atoms with Gasteiger partial charge in [-0.2, -0.15) is 0 Å². The number of nitrogens with two attached hydrogens (primary N) is 1. The third-order valence-corrected chi connectivity index (χ3v) is 3.22. The maximum absolute atomic E-state index is 5.70. The molecule has 0 radical (unpaired) electrons. The van der Waals surface area contributed by atoms with Gasteiger partial charge in [0.25, 0.3) is 0 Å². The van der Waals surface area contributed by atoms with Gasteiger partial charge in [0.1, 0.15) is 0 Å². The first-order valence-electron chi connectivity index (χ1n) is 5.34. The van der Waals surface area contributed by atoms with Crippen molar-refractivity contribution < 1.29 is 0 Å². The normalized spacial score (nSPS) is 11.2. The highest BCUT2D eigenvalue weighted by atomic mass is 32.1. The predicted molar refractivity (Wildman–Crippen MR) is 62.5 cm³/mol. The van der Waals surface area contributed by atoms with Crippen LogP contribution < -0.4 is 5.73 Å². The van der Waals surface area contributed by atoms with E-state index in [1.807, 2.05) is 0 Å². The van der Waals surface area contributed by atoms with Gasteiger partial charge in [-0.15, -0.1) is 11.3 Å². The summed E-state index contributed by atoms with van der Waals surface area (Å²) in [5.74, 6) is 0.682. The largest absolute Gasteiger partial charge is 0.326 e. The lowest BCUT2D eigenvalue weighted by molar-refractivity contribution is 0.642. The highest BCUT2D eigenvalue weighted by Crippen LogP contribution is 2.21. The molecule has 1 rings (SSSR count). The summed E-state index contributed by atoms with van der Waals surface area (Å²) in [6, 6.07) is 0. The second kappa shape index (κ2) is 5.47. The Kier molecular flexibility index (Phi) is 4.55. The lowest BCUT2D eigenvalue weighted by atomic mass is 10.1. The molecule has 3 heteroatoms. The van der Waals surface area contributed by atoms with E-state index in [2.05, 4.69) is 25.8 Å². The van der Waals surface area contributed by atoms with Crippen LogP contribution in [0, 0.1) is 5.92 Å². The van der Waals surface area contributed by atoms with Crippen LogP contribution in [0.2, 0.25) is 0 Å². The average Bonchev–Trinajstić information content (AvgIpc) is 2.47. The monoisotopic (exact) mass is 212 g/mol. The predicted octanol–water partition coefficient (Wildman–Crippen LogP) is 2.75. The zero-order valence-corrected chi connectivity index (χ0v) is 10.2. The molecular weight excluding hydrogens is 192 g/mol. The quantitative estimate of drug-likeness (QED) is 0.815. The summed E-state index contributed by atoms with van der Waals surface area (Å²) in [5.41, 5.74) is 6.93. The van der Waals surface area contributed by atoms with Gasteiger partial charge in [-0.05, 0) is 12.3 Å². The van der Waals surface area contributed by atoms with Gasteiger partial charge >= 0.3 is 0 Å². The van der Waals surface area contributed by atoms with Crippen molar-refractivity contribution in [2.75, 3.05) is 0 Å². The van der Waals surface area contributed by atoms with E-state index in [0.29, 0.717) is 12.5 Å². The third kappa shape index (κ3) is 3.07. The molecule has 0 spiro atoms. The van der Waals surface area contributed by atoms with Crippen LogP contribution in [0.3, 0.4) is 0 Å². The van der Waals surface area contributed by atoms with Crippen LogP contribution in [-0.4, -0.2) is 4.98 Å². The third-order valence-electron chi connectivity index (χ3n) is 2.08. The fraction of sp³-hybridized carbons (Fsp3) is 0.727. The fourth-order valence-electron chi connectivity index (χ4n) is 1.46. The van der Waals surface area contributed by atoms with Crippen molar-refractivity contribution in [3.8, 4) is 0 Å². The SMILES string of the molecule is CCCc1nc(CC(C)C)sc1CN. The van der Waals surface area contributed by atoms with Crippen molar-refractivity contribution in [2.45, 2.75) is 46.6 Å². The zero-order valence-electron chi connectivity index (χ0n) is 9.34. The number of thiazole rings is 1. The number of rotatable bonds is 5. The Labute approximate surface area is 90.6 Å². The molecule has 0 aliphatic rings. The smallest absolute Gasteiger partial charge is 0.0934 e. The Morgan fingerprint density at radius 1 is 1.43 bits per heavy atom. The molecule has 0 aromatic carbocycles. The molecule has 14 heavy (non-hydrogen) atoms. The molecule has 80 valence electrons. The molecular formula is C11H20N2S. The van der Waals surface area contributed by atoms with Gasteiger partial charge in [0.05, 0.1) is 10.7 Å². The minimum atomic E-state index is 0.644. The second-order valence-electron chi connectivity index (χ2n) is 4.03. The van der Waals surface area contributed by atoms with Crippen LogP contribution in [0.25, 0.3) is 0 Å². The average molecular weight is 212 g/mol. The van der Waals surface area contributed by atoms with Gasteiger partial charge < -0.3 is 5.73 Å². The summed E-state index contributed by atoms with van der Waals surface area (Å²) < 4.78 is 0. The molecule has 0 aliphatic heterocycles. The first kappa shape index (κ1) is 11.7. The first-order chi connectivity index (χ1) is 6.67. The van der Waals surface area contributed by atoms with Gasteiger partial charge in [-0.25, -0.2) is 4.98 Å². The lowest BCUT2D eigenvalue weighted by Gasteiger charge is -1.98. The van der Waals surface area contributed by atoms with E-state index in [0.717, 1.165) is 19.3 Å². The Hall–Kier alpha value is -0.410. The number of aryl methyl sites for hydroxylation is 1. The number of nitrogens with zero attached hydrogens (tertiary/aromatic N) is 1. The molecule has 1 aromatic rings. The van der Waals surface area contributed by atoms with Gasteiger partial charge in [0, 0.05) is 17.8 Å². The standard InChI is InChI=1S/C11H20N2S/c1-4-5-9-10(7-12)14-11(13-9)6-8(2)3/h8H,4-7,12H2,1-3H3. The summed E-state index contributed by atoms with van der Waals surface area (Å²) in [6.45, 7) is 7.28. The molecule has 0 amide bonds. The van der Waals surface area contributed by atoms with Crippen molar-refractivity contribution in [2.24, 2.45) is 11.7 Å². The van der Waals surface area contributed by atoms with Crippen molar-refractivity contribution in [3.05, 3.63) is 15.6 Å². The summed E-state index contributed by atoms with van der Waals surface area (Å²) in [7, 11) is 0. The highest BCUT2D eigenvalue weighted by Gasteiger charge is 2.09. The fourth-order valence-corrected chi connectivity index (χ4v) is 2.67. The molecule has 0 bridgehead atoms. The van der Waals surface area contributed by atoms with Crippen LogP contribution in [0.15, 0.2) is 0 Å². The summed E-state index contributed by atoms with van der Waals surface area (Å²) in [4.78, 5) is 5.93. The van der Waals surface area contributed by atoms with Gasteiger partial charge in [-0.3, -0.25) is 0 Å². The molecule has 0 saturated heterocycles. The van der Waals surface area contributed by atoms with E-state index < -0.39 is 0 Å². The molecule has 0 atom stereocenters. The van der Waals surface area contributed by atoms with Crippen LogP contribution in [0.5, 0.6) is 0 Å². The van der Waals surface area contributed by atoms with E-state index in [1.165, 1.54) is 15.6 Å². The Morgan fingerprint density at radius 3 is 2.64 bits per heavy atom. The number of hydrogen-bond donors (Lipinski definition) is 1. The van der Waals surface area contributed by atoms with E-state index in [9.17, 15) is 0 Å². The first-order valence-corrected chi connectivity index (χ1v) is 6.16. The van der Waals surface area contributed by atoms with Crippen molar-refractivity contribution in [1.82, 2.24) is 4.98 Å². The summed E-state index contributed by atoms with van der Waals surface area (Å²) >= 11 is 1.79. The summed E-state index contributed by atoms with van der Waals surface area (Å²) in [6.07, 6.45) is 3.31. The Bertz CT molecular complexity index is 279. The highest BCUT2D eigenvalue weighted by molar-refractivity contribution is 7.11. The van der Waals surface area contributed by atoms with E-state index in [1.54, 1.807) is 11.3 Å². The van der Waals surface area contributed by atoms with Crippen LogP contribution in [-0.2, 0) is 19.4 Å². The minimum absolute atomic E-state index is 0.644. The maximum atomic E-state index is 5.70. The van der Waals surface area contributed by atoms with Crippen LogP contribution >= 0.6 is 11.3 Å². The van der Waals surface area contributed by atoms with E-state index in [-0.39, 0.29) is 0 Å². The molecule has 0 aliphatic carbocycles. The van der Waals surface area contributed by atoms with Crippen LogP contribution in [0.4, 0.5) is 0 Å². The molecule has 1 heterocycles. The zero-order chi connectivity index (χ0) is 10.6. The van der Waals surface area contributed by atoms with Crippen LogP contribution in [0.1, 0.15) is 42.8 Å². The van der Waals surface area contributed by atoms with E-state index >= 15 is 0 Å². The minimum Gasteiger partial charge on any atom is -0.326 e. The van der Waals surface area contributed by atoms with Gasteiger partial charge in [0.15, 0.2) is 0 Å². The van der Waals surface area contributed by atoms with Gasteiger partial charge in [-0.1, -0.05) is 27.2 Å². The Morgan fingerprint density at radius 2 is 2.14 bits per heavy atom. The molecule has 0 saturated carbocycles. The number of hydrogen-bond acceptors (Lipinski definition) is 3. The maximum Gasteiger partial charge on any atom is 0.0934 e. The van der Waals surface area contributed by atoms with Crippen molar-refractivity contribution in [3.63, 3.8) is 0 Å². The van der Waals surface area contributed by atoms with Crippen molar-refractivity contribution in [1.29, 1.82) is 0 Å². The van der Waals surface area contributed by atoms with Gasteiger partial charge in [0.2, 0.25) is 0 Å². The topological polar surface area (TPSA) is 38.9 Å². The molecule has 0 unspecified atom stereocenters. The second-order valence-corrected chi connectivity index (χ2v) is 5.20. The van der Waals surface area contributed by atoms with Crippen molar-refractivity contribution >= 4 is 11.3 Å². The molecule has 0 fully saturated rings.